The van der Waals surface area contributed by atoms with Crippen LogP contribution in [0.25, 0.3) is 0 Å². The number of hydrogen-bond donors (Lipinski definition) is 1. The van der Waals surface area contributed by atoms with Crippen LogP contribution in [-0.2, 0) is 16.7 Å². The standard InChI is InChI=1S/C16H27N3O/c1-16(2,3)14-8-12(10-17)9-15(18-14)19-7-5-6-13(11-19)20-4/h8-9,13H,5-7,10-11,17H2,1-4H3. The molecule has 20 heavy (non-hydrogen) atoms. The first-order valence-corrected chi connectivity index (χ1v) is 7.43. The first-order valence-electron chi connectivity index (χ1n) is 7.43. The molecule has 2 N–H and O–H groups in total. The van der Waals surface area contributed by atoms with E-state index in [2.05, 4.69) is 37.8 Å². The number of pyridine rings is 1. The fourth-order valence-electron chi connectivity index (χ4n) is 2.57. The monoisotopic (exact) mass is 277 g/mol. The lowest BCUT2D eigenvalue weighted by molar-refractivity contribution is 0.0891. The van der Waals surface area contributed by atoms with Crippen molar-refractivity contribution < 1.29 is 4.74 Å². The maximum atomic E-state index is 5.84. The molecule has 1 saturated heterocycles. The van der Waals surface area contributed by atoms with Crippen LogP contribution in [0.4, 0.5) is 5.82 Å². The van der Waals surface area contributed by atoms with Gasteiger partial charge in [-0.15, -0.1) is 0 Å². The molecule has 112 valence electrons. The Morgan fingerprint density at radius 1 is 1.40 bits per heavy atom. The van der Waals surface area contributed by atoms with Crippen molar-refractivity contribution in [3.8, 4) is 0 Å². The molecule has 1 aromatic rings. The smallest absolute Gasteiger partial charge is 0.129 e. The summed E-state index contributed by atoms with van der Waals surface area (Å²) in [5.41, 5.74) is 8.14. The Hall–Kier alpha value is -1.13. The second kappa shape index (κ2) is 6.10. The van der Waals surface area contributed by atoms with Crippen LogP contribution in [0.3, 0.4) is 0 Å². The molecule has 0 saturated carbocycles. The highest BCUT2D eigenvalue weighted by atomic mass is 16.5. The van der Waals surface area contributed by atoms with Gasteiger partial charge in [-0.3, -0.25) is 0 Å². The lowest BCUT2D eigenvalue weighted by atomic mass is 9.90. The number of methoxy groups -OCH3 is 1. The molecule has 1 atom stereocenters. The van der Waals surface area contributed by atoms with Gasteiger partial charge in [0.2, 0.25) is 0 Å². The van der Waals surface area contributed by atoms with E-state index in [0.29, 0.717) is 12.6 Å². The van der Waals surface area contributed by atoms with Crippen molar-refractivity contribution >= 4 is 5.82 Å². The van der Waals surface area contributed by atoms with E-state index in [1.165, 1.54) is 0 Å². The molecule has 0 amide bonds. The molecule has 0 aromatic carbocycles. The molecular formula is C16H27N3O. The SMILES string of the molecule is COC1CCCN(c2cc(CN)cc(C(C)(C)C)n2)C1. The van der Waals surface area contributed by atoms with Gasteiger partial charge in [0.05, 0.1) is 6.10 Å². The number of nitrogens with zero attached hydrogens (tertiary/aromatic N) is 2. The molecule has 4 heteroatoms. The quantitative estimate of drug-likeness (QED) is 0.922. The lowest BCUT2D eigenvalue weighted by Crippen LogP contribution is -2.40. The van der Waals surface area contributed by atoms with Gasteiger partial charge in [-0.2, -0.15) is 0 Å². The van der Waals surface area contributed by atoms with Gasteiger partial charge in [0, 0.05) is 37.9 Å². The van der Waals surface area contributed by atoms with Crippen LogP contribution < -0.4 is 10.6 Å². The van der Waals surface area contributed by atoms with E-state index in [9.17, 15) is 0 Å². The number of hydrogen-bond acceptors (Lipinski definition) is 4. The summed E-state index contributed by atoms with van der Waals surface area (Å²) < 4.78 is 5.50. The minimum Gasteiger partial charge on any atom is -0.380 e. The van der Waals surface area contributed by atoms with E-state index >= 15 is 0 Å². The Balaban J connectivity index is 2.30. The topological polar surface area (TPSA) is 51.4 Å². The van der Waals surface area contributed by atoms with E-state index < -0.39 is 0 Å². The van der Waals surface area contributed by atoms with Crippen LogP contribution in [0.5, 0.6) is 0 Å². The molecule has 0 radical (unpaired) electrons. The average Bonchev–Trinajstić information content (AvgIpc) is 2.46. The Morgan fingerprint density at radius 2 is 2.15 bits per heavy atom. The van der Waals surface area contributed by atoms with Crippen molar-refractivity contribution in [2.24, 2.45) is 5.73 Å². The van der Waals surface area contributed by atoms with Crippen LogP contribution >= 0.6 is 0 Å². The fraction of sp³-hybridized carbons (Fsp3) is 0.688. The predicted octanol–water partition coefficient (Wildman–Crippen LogP) is 2.45. The number of aromatic nitrogens is 1. The highest BCUT2D eigenvalue weighted by Crippen LogP contribution is 2.26. The van der Waals surface area contributed by atoms with E-state index in [1.807, 2.05) is 0 Å². The Labute approximate surface area is 122 Å². The summed E-state index contributed by atoms with van der Waals surface area (Å²) in [7, 11) is 1.79. The van der Waals surface area contributed by atoms with Crippen molar-refractivity contribution in [3.63, 3.8) is 0 Å². The Kier molecular flexibility index (Phi) is 4.66. The third kappa shape index (κ3) is 3.49. The van der Waals surface area contributed by atoms with Crippen molar-refractivity contribution in [1.82, 2.24) is 4.98 Å². The lowest BCUT2D eigenvalue weighted by Gasteiger charge is -2.34. The van der Waals surface area contributed by atoms with Crippen LogP contribution in [0, 0.1) is 0 Å². The molecule has 1 fully saturated rings. The second-order valence-corrected chi connectivity index (χ2v) is 6.62. The molecule has 1 aliphatic heterocycles. The number of ether oxygens (including phenoxy) is 1. The van der Waals surface area contributed by atoms with E-state index in [-0.39, 0.29) is 5.41 Å². The molecule has 1 aromatic heterocycles. The van der Waals surface area contributed by atoms with Gasteiger partial charge < -0.3 is 15.4 Å². The van der Waals surface area contributed by atoms with Crippen LogP contribution in [-0.4, -0.2) is 31.3 Å². The minimum atomic E-state index is 0.0381. The van der Waals surface area contributed by atoms with Gasteiger partial charge in [0.1, 0.15) is 5.82 Å². The molecule has 0 bridgehead atoms. The van der Waals surface area contributed by atoms with Crippen molar-refractivity contribution in [2.75, 3.05) is 25.1 Å². The zero-order valence-electron chi connectivity index (χ0n) is 13.1. The number of anilines is 1. The van der Waals surface area contributed by atoms with Gasteiger partial charge in [-0.1, -0.05) is 20.8 Å². The highest BCUT2D eigenvalue weighted by Gasteiger charge is 2.23. The van der Waals surface area contributed by atoms with Gasteiger partial charge in [-0.05, 0) is 30.5 Å². The minimum absolute atomic E-state index is 0.0381. The van der Waals surface area contributed by atoms with Crippen LogP contribution in [0.15, 0.2) is 12.1 Å². The van der Waals surface area contributed by atoms with Gasteiger partial charge >= 0.3 is 0 Å². The fourth-order valence-corrected chi connectivity index (χ4v) is 2.57. The first-order chi connectivity index (χ1) is 9.44. The molecule has 1 unspecified atom stereocenters. The van der Waals surface area contributed by atoms with E-state index in [1.54, 1.807) is 7.11 Å². The molecule has 2 heterocycles. The second-order valence-electron chi connectivity index (χ2n) is 6.62. The third-order valence-electron chi connectivity index (χ3n) is 3.91. The highest BCUT2D eigenvalue weighted by molar-refractivity contribution is 5.44. The summed E-state index contributed by atoms with van der Waals surface area (Å²) in [6.07, 6.45) is 2.60. The predicted molar refractivity (Wildman–Crippen MR) is 83.1 cm³/mol. The maximum Gasteiger partial charge on any atom is 0.129 e. The van der Waals surface area contributed by atoms with Crippen LogP contribution in [0.2, 0.25) is 0 Å². The largest absolute Gasteiger partial charge is 0.380 e. The molecule has 4 nitrogen and oxygen atoms in total. The Morgan fingerprint density at radius 3 is 2.75 bits per heavy atom. The van der Waals surface area contributed by atoms with Crippen molar-refractivity contribution in [1.29, 1.82) is 0 Å². The summed E-state index contributed by atoms with van der Waals surface area (Å²) in [6, 6.07) is 4.24. The summed E-state index contributed by atoms with van der Waals surface area (Å²) in [4.78, 5) is 7.19. The summed E-state index contributed by atoms with van der Waals surface area (Å²) in [6.45, 7) is 9.08. The number of piperidine rings is 1. The van der Waals surface area contributed by atoms with Gasteiger partial charge in [-0.25, -0.2) is 4.98 Å². The van der Waals surface area contributed by atoms with Crippen LogP contribution in [0.1, 0.15) is 44.9 Å². The van der Waals surface area contributed by atoms with Gasteiger partial charge in [0.15, 0.2) is 0 Å². The first kappa shape index (κ1) is 15.3. The Bertz CT molecular complexity index is 454. The maximum absolute atomic E-state index is 5.84. The van der Waals surface area contributed by atoms with Crippen molar-refractivity contribution in [3.05, 3.63) is 23.4 Å². The molecule has 0 aliphatic carbocycles. The zero-order chi connectivity index (χ0) is 14.8. The van der Waals surface area contributed by atoms with E-state index in [0.717, 1.165) is 43.0 Å². The third-order valence-corrected chi connectivity index (χ3v) is 3.91. The molecule has 2 rings (SSSR count). The number of nitrogens with two attached hydrogens (primary N) is 1. The summed E-state index contributed by atoms with van der Waals surface area (Å²) >= 11 is 0. The number of rotatable bonds is 3. The average molecular weight is 277 g/mol. The normalized spacial score (nSPS) is 20.2. The molecule has 1 aliphatic rings. The van der Waals surface area contributed by atoms with E-state index in [4.69, 9.17) is 15.5 Å². The summed E-state index contributed by atoms with van der Waals surface area (Å²) in [5.74, 6) is 1.04. The zero-order valence-corrected chi connectivity index (χ0v) is 13.1. The molecular weight excluding hydrogens is 250 g/mol. The molecule has 0 spiro atoms. The van der Waals surface area contributed by atoms with Gasteiger partial charge in [0.25, 0.3) is 0 Å². The van der Waals surface area contributed by atoms with Crippen molar-refractivity contribution in [2.45, 2.75) is 51.7 Å². The summed E-state index contributed by atoms with van der Waals surface area (Å²) in [5, 5.41) is 0.